The molecule has 2 aliphatic heterocycles. The van der Waals surface area contributed by atoms with E-state index in [1.807, 2.05) is 19.1 Å². The molecule has 2 aliphatic rings. The quantitative estimate of drug-likeness (QED) is 0.799. The third-order valence-corrected chi connectivity index (χ3v) is 5.16. The van der Waals surface area contributed by atoms with Gasteiger partial charge in [0.2, 0.25) is 11.8 Å². The van der Waals surface area contributed by atoms with Crippen LogP contribution in [0.2, 0.25) is 0 Å². The molecule has 2 fully saturated rings. The van der Waals surface area contributed by atoms with Gasteiger partial charge in [-0.1, -0.05) is 12.1 Å². The number of likely N-dealkylation sites (tertiary alicyclic amines) is 1. The van der Waals surface area contributed by atoms with Crippen LogP contribution in [0.4, 0.5) is 0 Å². The Morgan fingerprint density at radius 2 is 1.77 bits per heavy atom. The Labute approximate surface area is 153 Å². The zero-order valence-corrected chi connectivity index (χ0v) is 15.3. The van der Waals surface area contributed by atoms with Crippen LogP contribution >= 0.6 is 0 Å². The first-order valence-electron chi connectivity index (χ1n) is 9.04. The fourth-order valence-electron chi connectivity index (χ4n) is 3.62. The number of rotatable bonds is 4. The van der Waals surface area contributed by atoms with Gasteiger partial charge in [-0.15, -0.1) is 0 Å². The van der Waals surface area contributed by atoms with Gasteiger partial charge >= 0.3 is 0 Å². The number of benzene rings is 1. The van der Waals surface area contributed by atoms with Crippen LogP contribution in [0.1, 0.15) is 23.7 Å². The van der Waals surface area contributed by atoms with Gasteiger partial charge in [-0.05, 0) is 19.1 Å². The number of nitrogens with zero attached hydrogens (tertiary/aromatic N) is 3. The molecule has 7 heteroatoms. The highest BCUT2D eigenvalue weighted by Gasteiger charge is 2.37. The summed E-state index contributed by atoms with van der Waals surface area (Å²) in [6.07, 6.45) is 0.299. The van der Waals surface area contributed by atoms with Gasteiger partial charge in [-0.2, -0.15) is 0 Å². The molecule has 1 aromatic rings. The van der Waals surface area contributed by atoms with Gasteiger partial charge in [0.05, 0.1) is 18.6 Å². The third-order valence-electron chi connectivity index (χ3n) is 5.16. The Kier molecular flexibility index (Phi) is 5.44. The zero-order chi connectivity index (χ0) is 18.7. The second kappa shape index (κ2) is 7.76. The van der Waals surface area contributed by atoms with E-state index in [9.17, 15) is 14.4 Å². The van der Waals surface area contributed by atoms with E-state index in [1.165, 1.54) is 0 Å². The summed E-state index contributed by atoms with van der Waals surface area (Å²) in [6.45, 7) is 5.04. The predicted molar refractivity (Wildman–Crippen MR) is 95.8 cm³/mol. The highest BCUT2D eigenvalue weighted by atomic mass is 16.5. The van der Waals surface area contributed by atoms with E-state index in [0.29, 0.717) is 57.0 Å². The number of amides is 3. The molecule has 140 valence electrons. The molecule has 3 rings (SSSR count). The fraction of sp³-hybridized carbons (Fsp3) is 0.526. The lowest BCUT2D eigenvalue weighted by molar-refractivity contribution is -0.137. The number of carbonyl (C=O) groups excluding carboxylic acids is 3. The average molecular weight is 359 g/mol. The monoisotopic (exact) mass is 359 g/mol. The van der Waals surface area contributed by atoms with Gasteiger partial charge in [0.25, 0.3) is 5.91 Å². The van der Waals surface area contributed by atoms with E-state index < -0.39 is 0 Å². The summed E-state index contributed by atoms with van der Waals surface area (Å²) in [5.41, 5.74) is 0.537. The van der Waals surface area contributed by atoms with E-state index in [1.54, 1.807) is 33.9 Å². The topological polar surface area (TPSA) is 70.2 Å². The highest BCUT2D eigenvalue weighted by Crippen LogP contribution is 2.22. The van der Waals surface area contributed by atoms with Crippen LogP contribution in [-0.4, -0.2) is 78.8 Å². The van der Waals surface area contributed by atoms with Crippen molar-refractivity contribution in [3.63, 3.8) is 0 Å². The molecule has 0 N–H and O–H groups in total. The molecule has 0 aliphatic carbocycles. The van der Waals surface area contributed by atoms with Crippen LogP contribution in [0, 0.1) is 5.92 Å². The number of piperazine rings is 1. The van der Waals surface area contributed by atoms with Crippen molar-refractivity contribution in [2.45, 2.75) is 13.3 Å². The van der Waals surface area contributed by atoms with Crippen LogP contribution in [0.5, 0.6) is 5.75 Å². The van der Waals surface area contributed by atoms with Crippen molar-refractivity contribution < 1.29 is 19.1 Å². The number of para-hydroxylation sites is 1. The van der Waals surface area contributed by atoms with Crippen molar-refractivity contribution in [1.82, 2.24) is 14.7 Å². The van der Waals surface area contributed by atoms with Gasteiger partial charge in [0.1, 0.15) is 5.75 Å². The Bertz CT molecular complexity index is 698. The smallest absolute Gasteiger partial charge is 0.257 e. The molecule has 1 atom stereocenters. The number of ether oxygens (including phenoxy) is 1. The molecule has 2 saturated heterocycles. The van der Waals surface area contributed by atoms with Crippen LogP contribution in [0.15, 0.2) is 24.3 Å². The van der Waals surface area contributed by atoms with Crippen molar-refractivity contribution >= 4 is 17.7 Å². The van der Waals surface area contributed by atoms with Gasteiger partial charge in [-0.25, -0.2) is 0 Å². The van der Waals surface area contributed by atoms with Crippen molar-refractivity contribution in [3.05, 3.63) is 29.8 Å². The molecule has 26 heavy (non-hydrogen) atoms. The predicted octanol–water partition coefficient (Wildman–Crippen LogP) is 0.848. The van der Waals surface area contributed by atoms with Gasteiger partial charge in [0.15, 0.2) is 0 Å². The molecule has 0 unspecified atom stereocenters. The van der Waals surface area contributed by atoms with Crippen LogP contribution in [0.3, 0.4) is 0 Å². The van der Waals surface area contributed by atoms with Gasteiger partial charge < -0.3 is 19.4 Å². The molecule has 0 bridgehead atoms. The zero-order valence-electron chi connectivity index (χ0n) is 15.3. The highest BCUT2D eigenvalue weighted by molar-refractivity contribution is 5.97. The van der Waals surface area contributed by atoms with Gasteiger partial charge in [-0.3, -0.25) is 14.4 Å². The van der Waals surface area contributed by atoms with Crippen molar-refractivity contribution in [3.8, 4) is 5.75 Å². The average Bonchev–Trinajstić information content (AvgIpc) is 3.07. The molecular formula is C19H25N3O4. The Morgan fingerprint density at radius 3 is 2.38 bits per heavy atom. The lowest BCUT2D eigenvalue weighted by Gasteiger charge is -2.36. The second-order valence-corrected chi connectivity index (χ2v) is 6.65. The summed E-state index contributed by atoms with van der Waals surface area (Å²) in [6, 6.07) is 7.16. The first kappa shape index (κ1) is 18.2. The molecule has 1 aromatic carbocycles. The standard InChI is InChI=1S/C19H25N3O4/c1-3-20-13-14(12-17(20)23)18(24)21-8-10-22(11-9-21)19(25)15-6-4-5-7-16(15)26-2/h4-7,14H,3,8-13H2,1-2H3/t14-/m0/s1. The minimum absolute atomic E-state index is 0.0266. The molecule has 0 aromatic heterocycles. The molecule has 3 amide bonds. The summed E-state index contributed by atoms with van der Waals surface area (Å²) in [4.78, 5) is 42.5. The lowest BCUT2D eigenvalue weighted by Crippen LogP contribution is -2.52. The number of hydrogen-bond donors (Lipinski definition) is 0. The Morgan fingerprint density at radius 1 is 1.12 bits per heavy atom. The van der Waals surface area contributed by atoms with E-state index >= 15 is 0 Å². The Hall–Kier alpha value is -2.57. The SMILES string of the molecule is CCN1C[C@@H](C(=O)N2CCN(C(=O)c3ccccc3OC)CC2)CC1=O. The van der Waals surface area contributed by atoms with Crippen molar-refractivity contribution in [1.29, 1.82) is 0 Å². The maximum Gasteiger partial charge on any atom is 0.257 e. The summed E-state index contributed by atoms with van der Waals surface area (Å²) in [5, 5.41) is 0. The molecule has 2 heterocycles. The molecule has 0 spiro atoms. The van der Waals surface area contributed by atoms with Crippen LogP contribution in [0.25, 0.3) is 0 Å². The third kappa shape index (κ3) is 3.52. The summed E-state index contributed by atoms with van der Waals surface area (Å²) >= 11 is 0. The maximum absolute atomic E-state index is 12.7. The molecule has 7 nitrogen and oxygen atoms in total. The normalized spacial score (nSPS) is 20.5. The second-order valence-electron chi connectivity index (χ2n) is 6.65. The van der Waals surface area contributed by atoms with E-state index in [2.05, 4.69) is 0 Å². The van der Waals surface area contributed by atoms with Gasteiger partial charge in [0, 0.05) is 45.7 Å². The van der Waals surface area contributed by atoms with Crippen molar-refractivity contribution in [2.75, 3.05) is 46.4 Å². The number of methoxy groups -OCH3 is 1. The fourth-order valence-corrected chi connectivity index (χ4v) is 3.62. The molecule has 0 radical (unpaired) electrons. The summed E-state index contributed by atoms with van der Waals surface area (Å²) in [7, 11) is 1.55. The lowest BCUT2D eigenvalue weighted by atomic mass is 10.1. The van der Waals surface area contributed by atoms with Crippen LogP contribution in [-0.2, 0) is 9.59 Å². The first-order valence-corrected chi connectivity index (χ1v) is 9.04. The van der Waals surface area contributed by atoms with Crippen LogP contribution < -0.4 is 4.74 Å². The van der Waals surface area contributed by atoms with E-state index in [-0.39, 0.29) is 23.6 Å². The van der Waals surface area contributed by atoms with E-state index in [4.69, 9.17) is 4.74 Å². The summed E-state index contributed by atoms with van der Waals surface area (Å²) in [5.74, 6) is 0.302. The largest absolute Gasteiger partial charge is 0.496 e. The van der Waals surface area contributed by atoms with Crippen molar-refractivity contribution in [2.24, 2.45) is 5.92 Å². The van der Waals surface area contributed by atoms with E-state index in [0.717, 1.165) is 0 Å². The molecular weight excluding hydrogens is 334 g/mol. The molecule has 0 saturated carbocycles. The maximum atomic E-state index is 12.7. The Balaban J connectivity index is 1.58. The minimum atomic E-state index is -0.251. The summed E-state index contributed by atoms with van der Waals surface area (Å²) < 4.78 is 5.27. The first-order chi connectivity index (χ1) is 12.5. The minimum Gasteiger partial charge on any atom is -0.496 e. The number of hydrogen-bond acceptors (Lipinski definition) is 4. The number of carbonyl (C=O) groups is 3.